The van der Waals surface area contributed by atoms with Gasteiger partial charge in [-0.05, 0) is 26.0 Å². The van der Waals surface area contributed by atoms with Gasteiger partial charge in [0, 0.05) is 11.9 Å². The molecule has 5 nitrogen and oxygen atoms in total. The fourth-order valence-electron chi connectivity index (χ4n) is 2.04. The Morgan fingerprint density at radius 2 is 1.95 bits per heavy atom. The number of anilines is 1. The summed E-state index contributed by atoms with van der Waals surface area (Å²) >= 11 is 1.41. The third kappa shape index (κ3) is 3.02. The summed E-state index contributed by atoms with van der Waals surface area (Å²) in [6.07, 6.45) is 0. The minimum absolute atomic E-state index is 0.0647. The van der Waals surface area contributed by atoms with Crippen LogP contribution in [-0.4, -0.2) is 20.3 Å². The molecule has 21 heavy (non-hydrogen) atoms. The van der Waals surface area contributed by atoms with Crippen molar-refractivity contribution in [3.05, 3.63) is 34.6 Å². The van der Waals surface area contributed by atoms with Crippen molar-refractivity contribution in [1.29, 1.82) is 5.26 Å². The molecule has 0 aromatic heterocycles. The Labute approximate surface area is 129 Å². The highest BCUT2D eigenvalue weighted by Gasteiger charge is 2.37. The maximum Gasteiger partial charge on any atom is 0.374 e. The van der Waals surface area contributed by atoms with Gasteiger partial charge in [0.05, 0.1) is 18.9 Å². The topological polar surface area (TPSA) is 62.6 Å². The summed E-state index contributed by atoms with van der Waals surface area (Å²) in [5.74, 6) is 0. The van der Waals surface area contributed by atoms with Crippen molar-refractivity contribution in [3.8, 4) is 6.07 Å². The number of para-hydroxylation sites is 1. The Bertz CT molecular complexity index is 644. The van der Waals surface area contributed by atoms with Crippen LogP contribution in [0.4, 0.5) is 5.69 Å². The lowest BCUT2D eigenvalue weighted by molar-refractivity contribution is 0.227. The number of benzene rings is 1. The molecule has 7 heteroatoms. The highest BCUT2D eigenvalue weighted by Crippen LogP contribution is 2.60. The standard InChI is InChI=1S/C14H17N2O3PS/c1-4-18-20(17,19-5-2)12(10-15)14-16(3)11-8-6-7-9-13(11)21-14/h6-9H,4-5H2,1-3H3. The molecule has 0 spiro atoms. The largest absolute Gasteiger partial charge is 0.374 e. The zero-order chi connectivity index (χ0) is 15.5. The van der Waals surface area contributed by atoms with Gasteiger partial charge >= 0.3 is 7.60 Å². The van der Waals surface area contributed by atoms with Crippen molar-refractivity contribution in [2.75, 3.05) is 25.2 Å². The zero-order valence-electron chi connectivity index (χ0n) is 12.2. The van der Waals surface area contributed by atoms with Gasteiger partial charge in [-0.25, -0.2) is 0 Å². The lowest BCUT2D eigenvalue weighted by Gasteiger charge is -2.20. The molecular weight excluding hydrogens is 307 g/mol. The van der Waals surface area contributed by atoms with Crippen molar-refractivity contribution < 1.29 is 13.6 Å². The highest BCUT2D eigenvalue weighted by molar-refractivity contribution is 8.04. The van der Waals surface area contributed by atoms with Crippen LogP contribution in [-0.2, 0) is 13.6 Å². The summed E-state index contributed by atoms with van der Waals surface area (Å²) in [4.78, 5) is 2.87. The van der Waals surface area contributed by atoms with E-state index in [4.69, 9.17) is 9.05 Å². The van der Waals surface area contributed by atoms with E-state index in [0.717, 1.165) is 10.6 Å². The second-order valence-corrected chi connectivity index (χ2v) is 7.22. The van der Waals surface area contributed by atoms with Crippen molar-refractivity contribution in [3.63, 3.8) is 0 Å². The molecule has 0 fully saturated rings. The number of hydrogen-bond donors (Lipinski definition) is 0. The van der Waals surface area contributed by atoms with E-state index < -0.39 is 7.60 Å². The average molecular weight is 324 g/mol. The fraction of sp³-hybridized carbons (Fsp3) is 0.357. The molecule has 1 aromatic carbocycles. The molecule has 0 saturated heterocycles. The van der Waals surface area contributed by atoms with Crippen LogP contribution in [0.3, 0.4) is 0 Å². The maximum atomic E-state index is 12.9. The van der Waals surface area contributed by atoms with E-state index in [2.05, 4.69) is 0 Å². The molecule has 0 unspecified atom stereocenters. The number of thioether (sulfide) groups is 1. The quantitative estimate of drug-likeness (QED) is 0.598. The first-order chi connectivity index (χ1) is 10.1. The van der Waals surface area contributed by atoms with Crippen LogP contribution in [0.1, 0.15) is 13.8 Å². The highest BCUT2D eigenvalue weighted by atomic mass is 32.2. The number of rotatable bonds is 5. The zero-order valence-corrected chi connectivity index (χ0v) is 13.9. The lowest BCUT2D eigenvalue weighted by atomic mass is 10.3. The number of allylic oxidation sites excluding steroid dienone is 1. The van der Waals surface area contributed by atoms with Gasteiger partial charge in [-0.2, -0.15) is 5.26 Å². The molecule has 1 aromatic rings. The Hall–Kier alpha value is -1.25. The van der Waals surface area contributed by atoms with Crippen LogP contribution in [0.2, 0.25) is 0 Å². The first-order valence-electron chi connectivity index (χ1n) is 6.62. The number of hydrogen-bond acceptors (Lipinski definition) is 6. The molecule has 112 valence electrons. The Balaban J connectivity index is 2.51. The smallest absolute Gasteiger partial charge is 0.337 e. The van der Waals surface area contributed by atoms with Gasteiger partial charge in [0.1, 0.15) is 11.1 Å². The molecule has 0 saturated carbocycles. The normalized spacial score (nSPS) is 16.6. The summed E-state index contributed by atoms with van der Waals surface area (Å²) < 4.78 is 23.5. The predicted octanol–water partition coefficient (Wildman–Crippen LogP) is 4.19. The summed E-state index contributed by atoms with van der Waals surface area (Å²) in [6.45, 7) is 3.89. The van der Waals surface area contributed by atoms with E-state index in [0.29, 0.717) is 5.03 Å². The first-order valence-corrected chi connectivity index (χ1v) is 8.98. The average Bonchev–Trinajstić information content (AvgIpc) is 2.78. The summed E-state index contributed by atoms with van der Waals surface area (Å²) in [5.41, 5.74) is 0.977. The van der Waals surface area contributed by atoms with Gasteiger partial charge in [0.2, 0.25) is 0 Å². The van der Waals surface area contributed by atoms with E-state index in [-0.39, 0.29) is 18.5 Å². The molecule has 0 aliphatic carbocycles. The molecule has 1 heterocycles. The van der Waals surface area contributed by atoms with Gasteiger partial charge in [0.15, 0.2) is 5.31 Å². The number of nitrogens with zero attached hydrogens (tertiary/aromatic N) is 2. The van der Waals surface area contributed by atoms with Gasteiger partial charge < -0.3 is 13.9 Å². The Morgan fingerprint density at radius 1 is 1.33 bits per heavy atom. The van der Waals surface area contributed by atoms with Gasteiger partial charge in [0.25, 0.3) is 0 Å². The first kappa shape index (κ1) is 16.1. The van der Waals surface area contributed by atoms with Crippen LogP contribution < -0.4 is 4.90 Å². The summed E-state index contributed by atoms with van der Waals surface area (Å²) in [7, 11) is -1.75. The van der Waals surface area contributed by atoms with Crippen LogP contribution in [0.25, 0.3) is 0 Å². The van der Waals surface area contributed by atoms with E-state index in [1.807, 2.05) is 42.3 Å². The summed E-state index contributed by atoms with van der Waals surface area (Å²) in [5, 5.41) is 10.2. The van der Waals surface area contributed by atoms with E-state index in [1.165, 1.54) is 11.8 Å². The van der Waals surface area contributed by atoms with Crippen LogP contribution in [0.5, 0.6) is 0 Å². The van der Waals surface area contributed by atoms with Crippen molar-refractivity contribution >= 4 is 25.0 Å². The molecule has 0 atom stereocenters. The van der Waals surface area contributed by atoms with Crippen molar-refractivity contribution in [2.45, 2.75) is 18.7 Å². The predicted molar refractivity (Wildman–Crippen MR) is 84.2 cm³/mol. The third-order valence-electron chi connectivity index (χ3n) is 2.92. The molecule has 2 rings (SSSR count). The molecule has 1 aliphatic heterocycles. The molecule has 1 aliphatic rings. The Kier molecular flexibility index (Phi) is 5.13. The van der Waals surface area contributed by atoms with Crippen LogP contribution in [0.15, 0.2) is 39.5 Å². The van der Waals surface area contributed by atoms with Crippen LogP contribution in [0, 0.1) is 11.3 Å². The van der Waals surface area contributed by atoms with Crippen molar-refractivity contribution in [2.24, 2.45) is 0 Å². The minimum Gasteiger partial charge on any atom is -0.337 e. The minimum atomic E-state index is -3.59. The number of nitriles is 1. The van der Waals surface area contributed by atoms with Crippen molar-refractivity contribution in [1.82, 2.24) is 0 Å². The van der Waals surface area contributed by atoms with E-state index in [9.17, 15) is 9.83 Å². The molecule has 0 bridgehead atoms. The summed E-state index contributed by atoms with van der Waals surface area (Å²) in [6, 6.07) is 9.80. The van der Waals surface area contributed by atoms with E-state index >= 15 is 0 Å². The molecule has 0 N–H and O–H groups in total. The van der Waals surface area contributed by atoms with Gasteiger partial charge in [-0.1, -0.05) is 23.9 Å². The second-order valence-electron chi connectivity index (χ2n) is 4.23. The van der Waals surface area contributed by atoms with Gasteiger partial charge in [-0.3, -0.25) is 4.57 Å². The van der Waals surface area contributed by atoms with Gasteiger partial charge in [-0.15, -0.1) is 0 Å². The molecular formula is C14H17N2O3PS. The third-order valence-corrected chi connectivity index (χ3v) is 6.36. The molecule has 0 radical (unpaired) electrons. The second kappa shape index (κ2) is 6.67. The Morgan fingerprint density at radius 3 is 2.48 bits per heavy atom. The monoisotopic (exact) mass is 324 g/mol. The number of fused-ring (bicyclic) bond motifs is 1. The van der Waals surface area contributed by atoms with E-state index in [1.54, 1.807) is 13.8 Å². The van der Waals surface area contributed by atoms with Crippen LogP contribution >= 0.6 is 19.4 Å². The lowest BCUT2D eigenvalue weighted by Crippen LogP contribution is -2.13. The fourth-order valence-corrected chi connectivity index (χ4v) is 5.08. The molecule has 0 amide bonds. The maximum absolute atomic E-state index is 12.9. The SMILES string of the molecule is CCOP(=O)(OCC)C(C#N)=C1Sc2ccccc2N1C.